The minimum Gasteiger partial charge on any atom is -0.378 e. The molecule has 3 heterocycles. The molecule has 30 heavy (non-hydrogen) atoms. The molecule has 4 rings (SSSR count). The quantitative estimate of drug-likeness (QED) is 0.648. The molecule has 7 nitrogen and oxygen atoms in total. The Bertz CT molecular complexity index is 1090. The lowest BCUT2D eigenvalue weighted by Gasteiger charge is -2.38. The van der Waals surface area contributed by atoms with Gasteiger partial charge in [-0.3, -0.25) is 15.0 Å². The predicted molar refractivity (Wildman–Crippen MR) is 109 cm³/mol. The van der Waals surface area contributed by atoms with Crippen molar-refractivity contribution in [2.75, 3.05) is 31.1 Å². The highest BCUT2D eigenvalue weighted by Gasteiger charge is 2.45. The number of methoxy groups -OCH3 is 1. The minimum absolute atomic E-state index is 0.173. The molecule has 1 N–H and O–H groups in total. The second-order valence-corrected chi connectivity index (χ2v) is 7.62. The molecule has 0 saturated heterocycles. The number of pyridine rings is 1. The van der Waals surface area contributed by atoms with Gasteiger partial charge in [0, 0.05) is 32.3 Å². The zero-order valence-electron chi connectivity index (χ0n) is 16.7. The highest BCUT2D eigenvalue weighted by molar-refractivity contribution is 6.35. The first-order valence-electron chi connectivity index (χ1n) is 9.13. The number of alkyl halides is 3. The molecule has 2 aromatic heterocycles. The summed E-state index contributed by atoms with van der Waals surface area (Å²) in [7, 11) is 5.18. The summed E-state index contributed by atoms with van der Waals surface area (Å²) in [5.41, 5.74) is 0.800. The van der Waals surface area contributed by atoms with Crippen LogP contribution in [0.5, 0.6) is 0 Å². The van der Waals surface area contributed by atoms with Crippen LogP contribution in [0.2, 0.25) is 5.02 Å². The van der Waals surface area contributed by atoms with E-state index in [1.807, 2.05) is 32.1 Å². The number of hydrogen-bond donors (Lipinski definition) is 1. The maximum Gasteiger partial charge on any atom is 0.433 e. The van der Waals surface area contributed by atoms with Gasteiger partial charge in [0.25, 0.3) is 0 Å². The number of halogens is 4. The molecule has 1 aliphatic rings. The van der Waals surface area contributed by atoms with E-state index in [4.69, 9.17) is 16.3 Å². The number of aromatic amines is 1. The van der Waals surface area contributed by atoms with E-state index in [9.17, 15) is 13.2 Å². The molecule has 0 radical (unpaired) electrons. The van der Waals surface area contributed by atoms with Gasteiger partial charge in [-0.1, -0.05) is 11.6 Å². The first kappa shape index (κ1) is 20.7. The third-order valence-corrected chi connectivity index (χ3v) is 5.42. The predicted octanol–water partition coefficient (Wildman–Crippen LogP) is 4.43. The smallest absolute Gasteiger partial charge is 0.378 e. The van der Waals surface area contributed by atoms with Crippen LogP contribution in [0, 0.1) is 0 Å². The van der Waals surface area contributed by atoms with E-state index in [0.717, 1.165) is 11.5 Å². The fourth-order valence-electron chi connectivity index (χ4n) is 3.73. The van der Waals surface area contributed by atoms with Crippen molar-refractivity contribution in [3.63, 3.8) is 0 Å². The maximum atomic E-state index is 13.4. The van der Waals surface area contributed by atoms with Crippen molar-refractivity contribution in [1.29, 1.82) is 0 Å². The molecule has 2 unspecified atom stereocenters. The standard InChI is InChI=1S/C19H20ClF3N6O/c1-10(30-4)18-28(12-7-11-9-24-26-16(11)13(20)8-12)17-14(29(18)27(2)3)5-6-15(25-17)19(21,22)23/h5-10,18H,1-4H3,(H,24,26). The number of rotatable bonds is 4. The lowest BCUT2D eigenvalue weighted by molar-refractivity contribution is -0.141. The Kier molecular flexibility index (Phi) is 5.03. The Labute approximate surface area is 175 Å². The summed E-state index contributed by atoms with van der Waals surface area (Å²) in [6.07, 6.45) is -3.83. The van der Waals surface area contributed by atoms with Crippen molar-refractivity contribution in [3.8, 4) is 0 Å². The van der Waals surface area contributed by atoms with Crippen LogP contribution in [0.1, 0.15) is 12.6 Å². The number of aromatic nitrogens is 3. The lowest BCUT2D eigenvalue weighted by Crippen LogP contribution is -2.54. The Balaban J connectivity index is 1.97. The average Bonchev–Trinajstić information content (AvgIpc) is 3.28. The Morgan fingerprint density at radius 2 is 2.00 bits per heavy atom. The van der Waals surface area contributed by atoms with Crippen LogP contribution >= 0.6 is 11.6 Å². The van der Waals surface area contributed by atoms with E-state index < -0.39 is 18.0 Å². The minimum atomic E-state index is -4.57. The molecular formula is C19H20ClF3N6O. The highest BCUT2D eigenvalue weighted by Crippen LogP contribution is 2.47. The fourth-order valence-corrected chi connectivity index (χ4v) is 3.99. The molecule has 0 bridgehead atoms. The summed E-state index contributed by atoms with van der Waals surface area (Å²) in [5, 5.41) is 11.6. The number of ether oxygens (including phenoxy) is 1. The molecule has 0 spiro atoms. The molecule has 0 saturated carbocycles. The molecule has 0 fully saturated rings. The zero-order valence-corrected chi connectivity index (χ0v) is 17.5. The van der Waals surface area contributed by atoms with Crippen LogP contribution in [0.15, 0.2) is 30.5 Å². The number of fused-ring (bicyclic) bond motifs is 2. The van der Waals surface area contributed by atoms with E-state index in [-0.39, 0.29) is 11.9 Å². The van der Waals surface area contributed by atoms with Gasteiger partial charge in [0.1, 0.15) is 11.9 Å². The summed E-state index contributed by atoms with van der Waals surface area (Å²) in [6, 6.07) is 5.91. The van der Waals surface area contributed by atoms with Gasteiger partial charge in [-0.15, -0.1) is 0 Å². The van der Waals surface area contributed by atoms with Gasteiger partial charge in [-0.25, -0.2) is 9.99 Å². The van der Waals surface area contributed by atoms with Gasteiger partial charge in [0.05, 0.1) is 28.5 Å². The van der Waals surface area contributed by atoms with Crippen LogP contribution in [0.3, 0.4) is 0 Å². The maximum absolute atomic E-state index is 13.4. The van der Waals surface area contributed by atoms with Crippen LogP contribution in [0.4, 0.5) is 30.4 Å². The molecule has 11 heteroatoms. The van der Waals surface area contributed by atoms with Crippen molar-refractivity contribution >= 4 is 39.7 Å². The van der Waals surface area contributed by atoms with Gasteiger partial charge in [-0.2, -0.15) is 18.3 Å². The van der Waals surface area contributed by atoms with Gasteiger partial charge < -0.3 is 4.74 Å². The van der Waals surface area contributed by atoms with Crippen molar-refractivity contribution < 1.29 is 17.9 Å². The van der Waals surface area contributed by atoms with Gasteiger partial charge in [0.15, 0.2) is 5.82 Å². The number of hydrazine groups is 1. The van der Waals surface area contributed by atoms with Crippen molar-refractivity contribution in [2.24, 2.45) is 0 Å². The Hall–Kier alpha value is -2.56. The molecule has 1 aliphatic heterocycles. The van der Waals surface area contributed by atoms with E-state index in [1.54, 1.807) is 29.3 Å². The lowest BCUT2D eigenvalue weighted by atomic mass is 10.2. The van der Waals surface area contributed by atoms with Crippen molar-refractivity contribution in [1.82, 2.24) is 20.2 Å². The number of anilines is 3. The normalized spacial score (nSPS) is 17.8. The Morgan fingerprint density at radius 3 is 2.63 bits per heavy atom. The molecule has 0 aliphatic carbocycles. The fraction of sp³-hybridized carbons (Fsp3) is 0.368. The van der Waals surface area contributed by atoms with Gasteiger partial charge in [0.2, 0.25) is 0 Å². The number of hydrogen-bond acceptors (Lipinski definition) is 6. The molecule has 3 aromatic rings. The summed E-state index contributed by atoms with van der Waals surface area (Å²) >= 11 is 6.42. The van der Waals surface area contributed by atoms with E-state index in [2.05, 4.69) is 15.2 Å². The van der Waals surface area contributed by atoms with Crippen LogP contribution < -0.4 is 9.91 Å². The second kappa shape index (κ2) is 7.29. The van der Waals surface area contributed by atoms with Crippen LogP contribution in [-0.4, -0.2) is 53.7 Å². The monoisotopic (exact) mass is 440 g/mol. The number of H-pyrrole nitrogens is 1. The zero-order chi connectivity index (χ0) is 21.8. The van der Waals surface area contributed by atoms with Crippen LogP contribution in [-0.2, 0) is 10.9 Å². The van der Waals surface area contributed by atoms with E-state index in [1.165, 1.54) is 6.07 Å². The summed E-state index contributed by atoms with van der Waals surface area (Å²) in [6.45, 7) is 1.85. The summed E-state index contributed by atoms with van der Waals surface area (Å²) in [5.74, 6) is 0.173. The first-order chi connectivity index (χ1) is 14.1. The van der Waals surface area contributed by atoms with E-state index >= 15 is 0 Å². The molecular weight excluding hydrogens is 421 g/mol. The third kappa shape index (κ3) is 3.24. The molecule has 2 atom stereocenters. The third-order valence-electron chi connectivity index (χ3n) is 5.12. The second-order valence-electron chi connectivity index (χ2n) is 7.22. The Morgan fingerprint density at radius 1 is 1.27 bits per heavy atom. The molecule has 0 amide bonds. The SMILES string of the molecule is COC(C)C1N(c2cc(Cl)c3[nH]ncc3c2)c2nc(C(F)(F)F)ccc2N1N(C)C. The van der Waals surface area contributed by atoms with Crippen molar-refractivity contribution in [3.05, 3.63) is 41.2 Å². The summed E-state index contributed by atoms with van der Waals surface area (Å²) < 4.78 is 45.9. The highest BCUT2D eigenvalue weighted by atomic mass is 35.5. The molecule has 160 valence electrons. The number of nitrogens with zero attached hydrogens (tertiary/aromatic N) is 5. The largest absolute Gasteiger partial charge is 0.433 e. The topological polar surface area (TPSA) is 60.5 Å². The first-order valence-corrected chi connectivity index (χ1v) is 9.50. The van der Waals surface area contributed by atoms with Crippen molar-refractivity contribution in [2.45, 2.75) is 25.4 Å². The number of benzene rings is 1. The summed E-state index contributed by atoms with van der Waals surface area (Å²) in [4.78, 5) is 5.71. The van der Waals surface area contributed by atoms with Gasteiger partial charge >= 0.3 is 6.18 Å². The number of nitrogens with one attached hydrogen (secondary N) is 1. The van der Waals surface area contributed by atoms with E-state index in [0.29, 0.717) is 21.9 Å². The average molecular weight is 441 g/mol. The molecule has 1 aromatic carbocycles. The van der Waals surface area contributed by atoms with Crippen LogP contribution in [0.25, 0.3) is 10.9 Å². The van der Waals surface area contributed by atoms with Gasteiger partial charge in [-0.05, 0) is 31.2 Å².